The summed E-state index contributed by atoms with van der Waals surface area (Å²) < 4.78 is 0. The van der Waals surface area contributed by atoms with Gasteiger partial charge in [-0.3, -0.25) is 9.69 Å². The predicted molar refractivity (Wildman–Crippen MR) is 75.7 cm³/mol. The topological polar surface area (TPSA) is 26.8 Å². The summed E-state index contributed by atoms with van der Waals surface area (Å²) in [6.07, 6.45) is 3.14. The molecular weight excluding hydrogens is 226 g/mol. The molecule has 0 aromatic heterocycles. The second-order valence-electron chi connectivity index (χ2n) is 5.39. The van der Waals surface area contributed by atoms with Gasteiger partial charge in [0.05, 0.1) is 0 Å². The van der Waals surface area contributed by atoms with Gasteiger partial charge in [-0.15, -0.1) is 0 Å². The van der Waals surface area contributed by atoms with Crippen molar-refractivity contribution in [1.82, 2.24) is 14.7 Å². The molecule has 0 saturated carbocycles. The highest BCUT2D eigenvalue weighted by Crippen LogP contribution is 2.12. The van der Waals surface area contributed by atoms with E-state index in [1.807, 2.05) is 14.1 Å². The molecule has 4 heteroatoms. The van der Waals surface area contributed by atoms with Crippen molar-refractivity contribution in [2.24, 2.45) is 0 Å². The van der Waals surface area contributed by atoms with Crippen LogP contribution in [0.15, 0.2) is 0 Å². The first-order chi connectivity index (χ1) is 8.58. The van der Waals surface area contributed by atoms with Crippen LogP contribution >= 0.6 is 0 Å². The number of nitrogens with zero attached hydrogens (tertiary/aromatic N) is 3. The lowest BCUT2D eigenvalue weighted by atomic mass is 10.1. The number of carbonyl (C=O) groups is 1. The van der Waals surface area contributed by atoms with Crippen LogP contribution in [0.5, 0.6) is 0 Å². The van der Waals surface area contributed by atoms with E-state index in [4.69, 9.17) is 0 Å². The van der Waals surface area contributed by atoms with Gasteiger partial charge in [0.2, 0.25) is 5.91 Å². The molecule has 18 heavy (non-hydrogen) atoms. The number of hydrogen-bond donors (Lipinski definition) is 0. The highest BCUT2D eigenvalue weighted by atomic mass is 16.2. The lowest BCUT2D eigenvalue weighted by Gasteiger charge is -2.38. The summed E-state index contributed by atoms with van der Waals surface area (Å²) in [6.45, 7) is 9.99. The standard InChI is InChI=1S/C14H29N3O/c1-5-13(6-2)17-11-9-16(10-12-17)8-7-14(18)15(3)4/h13H,5-12H2,1-4H3. The van der Waals surface area contributed by atoms with Crippen LogP contribution in [-0.4, -0.2) is 73.5 Å². The first-order valence-electron chi connectivity index (χ1n) is 7.25. The molecule has 1 heterocycles. The molecule has 1 rings (SSSR count). The lowest BCUT2D eigenvalue weighted by Crippen LogP contribution is -2.50. The quantitative estimate of drug-likeness (QED) is 0.715. The maximum atomic E-state index is 11.5. The second-order valence-corrected chi connectivity index (χ2v) is 5.39. The molecule has 1 saturated heterocycles. The third kappa shape index (κ3) is 4.58. The average Bonchev–Trinajstić information content (AvgIpc) is 2.38. The van der Waals surface area contributed by atoms with Gasteiger partial charge >= 0.3 is 0 Å². The molecule has 0 atom stereocenters. The van der Waals surface area contributed by atoms with Gasteiger partial charge in [-0.1, -0.05) is 13.8 Å². The molecule has 0 bridgehead atoms. The SMILES string of the molecule is CCC(CC)N1CCN(CCC(=O)N(C)C)CC1. The van der Waals surface area contributed by atoms with Crippen molar-refractivity contribution >= 4 is 5.91 Å². The minimum absolute atomic E-state index is 0.234. The number of amides is 1. The average molecular weight is 255 g/mol. The Morgan fingerprint density at radius 1 is 1.11 bits per heavy atom. The summed E-state index contributed by atoms with van der Waals surface area (Å²) in [6, 6.07) is 0.746. The van der Waals surface area contributed by atoms with Crippen molar-refractivity contribution < 1.29 is 4.79 Å². The monoisotopic (exact) mass is 255 g/mol. The summed E-state index contributed by atoms with van der Waals surface area (Å²) in [5, 5.41) is 0. The second kappa shape index (κ2) is 7.74. The van der Waals surface area contributed by atoms with Crippen molar-refractivity contribution in [2.45, 2.75) is 39.2 Å². The molecule has 1 fully saturated rings. The van der Waals surface area contributed by atoms with Crippen LogP contribution in [-0.2, 0) is 4.79 Å². The van der Waals surface area contributed by atoms with Crippen molar-refractivity contribution in [3.8, 4) is 0 Å². The molecule has 0 unspecified atom stereocenters. The van der Waals surface area contributed by atoms with Gasteiger partial charge in [0.25, 0.3) is 0 Å². The van der Waals surface area contributed by atoms with Crippen LogP contribution in [0.25, 0.3) is 0 Å². The Balaban J connectivity index is 2.25. The van der Waals surface area contributed by atoms with E-state index < -0.39 is 0 Å². The molecule has 0 aromatic rings. The van der Waals surface area contributed by atoms with E-state index in [9.17, 15) is 4.79 Å². The molecule has 0 aliphatic carbocycles. The fraction of sp³-hybridized carbons (Fsp3) is 0.929. The van der Waals surface area contributed by atoms with Crippen LogP contribution < -0.4 is 0 Å². The number of carbonyl (C=O) groups excluding carboxylic acids is 1. The number of rotatable bonds is 6. The zero-order valence-electron chi connectivity index (χ0n) is 12.5. The van der Waals surface area contributed by atoms with Crippen LogP contribution in [0, 0.1) is 0 Å². The molecule has 0 spiro atoms. The Hall–Kier alpha value is -0.610. The Labute approximate surface area is 112 Å². The van der Waals surface area contributed by atoms with Gasteiger partial charge in [0, 0.05) is 59.3 Å². The van der Waals surface area contributed by atoms with E-state index >= 15 is 0 Å². The van der Waals surface area contributed by atoms with Gasteiger partial charge in [-0.05, 0) is 12.8 Å². The normalized spacial score (nSPS) is 18.3. The van der Waals surface area contributed by atoms with Crippen LogP contribution in [0.2, 0.25) is 0 Å². The first-order valence-corrected chi connectivity index (χ1v) is 7.25. The Morgan fingerprint density at radius 2 is 1.67 bits per heavy atom. The van der Waals surface area contributed by atoms with Crippen LogP contribution in [0.1, 0.15) is 33.1 Å². The van der Waals surface area contributed by atoms with E-state index in [2.05, 4.69) is 23.6 Å². The number of hydrogen-bond acceptors (Lipinski definition) is 3. The summed E-state index contributed by atoms with van der Waals surface area (Å²) >= 11 is 0. The van der Waals surface area contributed by atoms with E-state index in [1.54, 1.807) is 4.90 Å². The third-order valence-corrected chi connectivity index (χ3v) is 4.01. The fourth-order valence-electron chi connectivity index (χ4n) is 2.63. The summed E-state index contributed by atoms with van der Waals surface area (Å²) in [7, 11) is 3.65. The van der Waals surface area contributed by atoms with E-state index in [-0.39, 0.29) is 5.91 Å². The highest BCUT2D eigenvalue weighted by molar-refractivity contribution is 5.75. The zero-order valence-corrected chi connectivity index (χ0v) is 12.5. The van der Waals surface area contributed by atoms with Crippen molar-refractivity contribution in [3.05, 3.63) is 0 Å². The van der Waals surface area contributed by atoms with Crippen molar-refractivity contribution in [1.29, 1.82) is 0 Å². The molecule has 4 nitrogen and oxygen atoms in total. The zero-order chi connectivity index (χ0) is 13.5. The highest BCUT2D eigenvalue weighted by Gasteiger charge is 2.21. The molecule has 0 radical (unpaired) electrons. The van der Waals surface area contributed by atoms with Crippen LogP contribution in [0.4, 0.5) is 0 Å². The van der Waals surface area contributed by atoms with Gasteiger partial charge in [-0.25, -0.2) is 0 Å². The minimum Gasteiger partial charge on any atom is -0.349 e. The number of piperazine rings is 1. The van der Waals surface area contributed by atoms with Gasteiger partial charge in [-0.2, -0.15) is 0 Å². The maximum Gasteiger partial charge on any atom is 0.223 e. The molecule has 1 aliphatic rings. The largest absolute Gasteiger partial charge is 0.349 e. The van der Waals surface area contributed by atoms with Crippen molar-refractivity contribution in [2.75, 3.05) is 46.8 Å². The first kappa shape index (κ1) is 15.4. The van der Waals surface area contributed by atoms with Gasteiger partial charge in [0.15, 0.2) is 0 Å². The molecule has 1 aliphatic heterocycles. The molecule has 0 N–H and O–H groups in total. The maximum absolute atomic E-state index is 11.5. The summed E-state index contributed by atoms with van der Waals surface area (Å²) in [4.78, 5) is 18.2. The Morgan fingerprint density at radius 3 is 2.11 bits per heavy atom. The summed E-state index contributed by atoms with van der Waals surface area (Å²) in [5.74, 6) is 0.234. The van der Waals surface area contributed by atoms with Gasteiger partial charge < -0.3 is 9.80 Å². The van der Waals surface area contributed by atoms with Crippen molar-refractivity contribution in [3.63, 3.8) is 0 Å². The van der Waals surface area contributed by atoms with E-state index in [0.29, 0.717) is 6.42 Å². The van der Waals surface area contributed by atoms with E-state index in [1.165, 1.54) is 12.8 Å². The third-order valence-electron chi connectivity index (χ3n) is 4.01. The molecule has 0 aromatic carbocycles. The molecule has 106 valence electrons. The molecule has 1 amide bonds. The minimum atomic E-state index is 0.234. The van der Waals surface area contributed by atoms with E-state index in [0.717, 1.165) is 38.8 Å². The van der Waals surface area contributed by atoms with Crippen LogP contribution in [0.3, 0.4) is 0 Å². The lowest BCUT2D eigenvalue weighted by molar-refractivity contribution is -0.129. The van der Waals surface area contributed by atoms with Gasteiger partial charge in [0.1, 0.15) is 0 Å². The summed E-state index contributed by atoms with van der Waals surface area (Å²) in [5.41, 5.74) is 0. The molecular formula is C14H29N3O. The Bertz CT molecular complexity index is 243. The Kier molecular flexibility index (Phi) is 6.65. The smallest absolute Gasteiger partial charge is 0.223 e. The fourth-order valence-corrected chi connectivity index (χ4v) is 2.63. The predicted octanol–water partition coefficient (Wildman–Crippen LogP) is 1.27.